The van der Waals surface area contributed by atoms with Gasteiger partial charge in [-0.15, -0.1) is 0 Å². The van der Waals surface area contributed by atoms with Crippen LogP contribution in [0, 0.1) is 5.82 Å². The highest BCUT2D eigenvalue weighted by Gasteiger charge is 2.30. The maximum atomic E-state index is 13.0. The van der Waals surface area contributed by atoms with E-state index in [-0.39, 0.29) is 11.7 Å². The highest BCUT2D eigenvalue weighted by molar-refractivity contribution is 5.78. The number of carbonyl (C=O) groups excluding carboxylic acids is 1. The monoisotopic (exact) mass is 264 g/mol. The summed E-state index contributed by atoms with van der Waals surface area (Å²) >= 11 is 0. The first kappa shape index (κ1) is 14.0. The van der Waals surface area contributed by atoms with Crippen LogP contribution in [-0.4, -0.2) is 36.5 Å². The van der Waals surface area contributed by atoms with Crippen LogP contribution in [0.5, 0.6) is 0 Å². The summed E-state index contributed by atoms with van der Waals surface area (Å²) in [7, 11) is 0. The van der Waals surface area contributed by atoms with Gasteiger partial charge in [0, 0.05) is 12.6 Å². The van der Waals surface area contributed by atoms with Gasteiger partial charge in [0.05, 0.1) is 6.54 Å². The van der Waals surface area contributed by atoms with Crippen molar-refractivity contribution in [2.75, 3.05) is 19.6 Å². The molecule has 1 aromatic carbocycles. The molecule has 0 saturated heterocycles. The largest absolute Gasteiger partial charge is 0.339 e. The van der Waals surface area contributed by atoms with Gasteiger partial charge in [-0.05, 0) is 50.4 Å². The van der Waals surface area contributed by atoms with Crippen molar-refractivity contribution < 1.29 is 9.18 Å². The Kier molecular flexibility index (Phi) is 4.91. The van der Waals surface area contributed by atoms with Gasteiger partial charge in [0.25, 0.3) is 0 Å². The van der Waals surface area contributed by atoms with Gasteiger partial charge in [-0.2, -0.15) is 0 Å². The third-order valence-corrected chi connectivity index (χ3v) is 3.40. The zero-order valence-corrected chi connectivity index (χ0v) is 11.4. The molecule has 0 heterocycles. The Bertz CT molecular complexity index is 432. The molecule has 0 aliphatic heterocycles. The predicted molar refractivity (Wildman–Crippen MR) is 73.4 cm³/mol. The molecule has 0 radical (unpaired) electrons. The van der Waals surface area contributed by atoms with Gasteiger partial charge in [-0.3, -0.25) is 4.79 Å². The van der Waals surface area contributed by atoms with E-state index in [1.807, 2.05) is 17.9 Å². The van der Waals surface area contributed by atoms with E-state index in [1.54, 1.807) is 6.07 Å². The molecule has 0 bridgehead atoms. The van der Waals surface area contributed by atoms with E-state index in [2.05, 4.69) is 5.32 Å². The molecular formula is C15H21FN2O. The molecule has 0 atom stereocenters. The first-order valence-electron chi connectivity index (χ1n) is 6.95. The standard InChI is InChI=1S/C15H21FN2O/c1-2-18(14-6-7-14)15(19)11-17-9-8-12-4-3-5-13(16)10-12/h3-5,10,14,17H,2,6-9,11H2,1H3. The molecule has 1 aliphatic carbocycles. The fourth-order valence-electron chi connectivity index (χ4n) is 2.25. The third kappa shape index (κ3) is 4.31. The summed E-state index contributed by atoms with van der Waals surface area (Å²) in [6, 6.07) is 7.06. The highest BCUT2D eigenvalue weighted by atomic mass is 19.1. The topological polar surface area (TPSA) is 32.3 Å². The maximum absolute atomic E-state index is 13.0. The first-order chi connectivity index (χ1) is 9.20. The fraction of sp³-hybridized carbons (Fsp3) is 0.533. The summed E-state index contributed by atoms with van der Waals surface area (Å²) < 4.78 is 13.0. The normalized spacial score (nSPS) is 14.4. The SMILES string of the molecule is CCN(C(=O)CNCCc1cccc(F)c1)C1CC1. The molecule has 2 rings (SSSR count). The zero-order valence-electron chi connectivity index (χ0n) is 11.4. The van der Waals surface area contributed by atoms with E-state index >= 15 is 0 Å². The minimum Gasteiger partial charge on any atom is -0.339 e. The van der Waals surface area contributed by atoms with Crippen molar-refractivity contribution in [3.63, 3.8) is 0 Å². The quantitative estimate of drug-likeness (QED) is 0.764. The maximum Gasteiger partial charge on any atom is 0.236 e. The molecule has 1 N–H and O–H groups in total. The molecular weight excluding hydrogens is 243 g/mol. The Morgan fingerprint density at radius 1 is 1.47 bits per heavy atom. The molecule has 1 aliphatic rings. The Morgan fingerprint density at radius 2 is 2.26 bits per heavy atom. The summed E-state index contributed by atoms with van der Waals surface area (Å²) in [5, 5.41) is 3.14. The molecule has 0 aromatic heterocycles. The minimum atomic E-state index is -0.209. The van der Waals surface area contributed by atoms with Crippen LogP contribution in [0.1, 0.15) is 25.3 Å². The van der Waals surface area contributed by atoms with Gasteiger partial charge in [-0.1, -0.05) is 12.1 Å². The Morgan fingerprint density at radius 3 is 2.89 bits per heavy atom. The summed E-state index contributed by atoms with van der Waals surface area (Å²) in [6.07, 6.45) is 3.02. The van der Waals surface area contributed by atoms with E-state index in [0.717, 1.165) is 31.4 Å². The van der Waals surface area contributed by atoms with Crippen molar-refractivity contribution in [1.82, 2.24) is 10.2 Å². The molecule has 104 valence electrons. The number of rotatable bonds is 7. The number of nitrogens with zero attached hydrogens (tertiary/aromatic N) is 1. The fourth-order valence-corrected chi connectivity index (χ4v) is 2.25. The number of carbonyl (C=O) groups is 1. The summed E-state index contributed by atoms with van der Waals surface area (Å²) in [4.78, 5) is 13.9. The molecule has 4 heteroatoms. The van der Waals surface area contributed by atoms with Crippen LogP contribution < -0.4 is 5.32 Å². The van der Waals surface area contributed by atoms with E-state index in [1.165, 1.54) is 12.1 Å². The first-order valence-corrected chi connectivity index (χ1v) is 6.95. The van der Waals surface area contributed by atoms with Gasteiger partial charge >= 0.3 is 0 Å². The minimum absolute atomic E-state index is 0.171. The van der Waals surface area contributed by atoms with Gasteiger partial charge in [0.15, 0.2) is 0 Å². The second kappa shape index (κ2) is 6.66. The Hall–Kier alpha value is -1.42. The van der Waals surface area contributed by atoms with Crippen LogP contribution in [0.3, 0.4) is 0 Å². The number of hydrogen-bond acceptors (Lipinski definition) is 2. The summed E-state index contributed by atoms with van der Waals surface area (Å²) in [6.45, 7) is 3.87. The Balaban J connectivity index is 1.67. The number of likely N-dealkylation sites (N-methyl/N-ethyl adjacent to an activating group) is 1. The number of hydrogen-bond donors (Lipinski definition) is 1. The van der Waals surface area contributed by atoms with Crippen molar-refractivity contribution in [2.45, 2.75) is 32.2 Å². The molecule has 19 heavy (non-hydrogen) atoms. The third-order valence-electron chi connectivity index (χ3n) is 3.40. The van der Waals surface area contributed by atoms with Crippen LogP contribution in [0.15, 0.2) is 24.3 Å². The predicted octanol–water partition coefficient (Wildman–Crippen LogP) is 1.97. The molecule has 1 fully saturated rings. The van der Waals surface area contributed by atoms with Gasteiger partial charge in [0.1, 0.15) is 5.82 Å². The van der Waals surface area contributed by atoms with E-state index in [4.69, 9.17) is 0 Å². The van der Waals surface area contributed by atoms with Crippen LogP contribution in [0.25, 0.3) is 0 Å². The number of benzene rings is 1. The zero-order chi connectivity index (χ0) is 13.7. The average molecular weight is 264 g/mol. The van der Waals surface area contributed by atoms with Gasteiger partial charge in [-0.25, -0.2) is 4.39 Å². The number of nitrogens with one attached hydrogen (secondary N) is 1. The number of halogens is 1. The molecule has 1 amide bonds. The van der Waals surface area contributed by atoms with Crippen molar-refractivity contribution in [1.29, 1.82) is 0 Å². The van der Waals surface area contributed by atoms with Crippen LogP contribution >= 0.6 is 0 Å². The molecule has 1 aromatic rings. The second-order valence-corrected chi connectivity index (χ2v) is 4.97. The highest BCUT2D eigenvalue weighted by Crippen LogP contribution is 2.26. The molecule has 1 saturated carbocycles. The van der Waals surface area contributed by atoms with E-state index in [0.29, 0.717) is 19.1 Å². The summed E-state index contributed by atoms with van der Waals surface area (Å²) in [5.41, 5.74) is 0.953. The van der Waals surface area contributed by atoms with E-state index in [9.17, 15) is 9.18 Å². The molecule has 3 nitrogen and oxygen atoms in total. The van der Waals surface area contributed by atoms with Gasteiger partial charge < -0.3 is 10.2 Å². The van der Waals surface area contributed by atoms with Crippen LogP contribution in [0.2, 0.25) is 0 Å². The average Bonchev–Trinajstić information content (AvgIpc) is 3.20. The lowest BCUT2D eigenvalue weighted by Gasteiger charge is -2.20. The van der Waals surface area contributed by atoms with E-state index < -0.39 is 0 Å². The van der Waals surface area contributed by atoms with Crippen molar-refractivity contribution >= 4 is 5.91 Å². The molecule has 0 unspecified atom stereocenters. The Labute approximate surface area is 113 Å². The lowest BCUT2D eigenvalue weighted by atomic mass is 10.1. The van der Waals surface area contributed by atoms with Crippen molar-refractivity contribution in [3.8, 4) is 0 Å². The van der Waals surface area contributed by atoms with Crippen LogP contribution in [-0.2, 0) is 11.2 Å². The molecule has 0 spiro atoms. The van der Waals surface area contributed by atoms with Gasteiger partial charge in [0.2, 0.25) is 5.91 Å². The second-order valence-electron chi connectivity index (χ2n) is 4.97. The van der Waals surface area contributed by atoms with Crippen molar-refractivity contribution in [3.05, 3.63) is 35.6 Å². The van der Waals surface area contributed by atoms with Crippen molar-refractivity contribution in [2.24, 2.45) is 0 Å². The van der Waals surface area contributed by atoms with Crippen LogP contribution in [0.4, 0.5) is 4.39 Å². The lowest BCUT2D eigenvalue weighted by Crippen LogP contribution is -2.39. The number of amides is 1. The lowest BCUT2D eigenvalue weighted by molar-refractivity contribution is -0.130. The smallest absolute Gasteiger partial charge is 0.236 e. The summed E-state index contributed by atoms with van der Waals surface area (Å²) in [5.74, 6) is -0.0382.